The van der Waals surface area contributed by atoms with Crippen molar-refractivity contribution in [1.82, 2.24) is 0 Å². The van der Waals surface area contributed by atoms with Gasteiger partial charge in [0, 0.05) is 5.56 Å². The van der Waals surface area contributed by atoms with Crippen molar-refractivity contribution in [3.63, 3.8) is 0 Å². The van der Waals surface area contributed by atoms with Crippen molar-refractivity contribution in [1.29, 1.82) is 0 Å². The molecule has 0 saturated heterocycles. The molecule has 0 saturated carbocycles. The summed E-state index contributed by atoms with van der Waals surface area (Å²) in [4.78, 5) is 24.1. The van der Waals surface area contributed by atoms with Gasteiger partial charge in [-0.1, -0.05) is 72.3 Å². The van der Waals surface area contributed by atoms with Crippen molar-refractivity contribution in [2.45, 2.75) is 105 Å². The predicted octanol–water partition coefficient (Wildman–Crippen LogP) is 7.67. The molecule has 0 bridgehead atoms. The quantitative estimate of drug-likeness (QED) is 0.225. The van der Waals surface area contributed by atoms with Gasteiger partial charge in [-0.05, 0) is 50.2 Å². The first-order valence-corrected chi connectivity index (χ1v) is 13.1. The predicted molar refractivity (Wildman–Crippen MR) is 136 cm³/mol. The lowest BCUT2D eigenvalue weighted by Crippen LogP contribution is -2.20. The topological polar surface area (TPSA) is 93.1 Å². The maximum Gasteiger partial charge on any atom is 0.336 e. The third-order valence-electron chi connectivity index (χ3n) is 6.82. The van der Waals surface area contributed by atoms with E-state index in [1.807, 2.05) is 13.8 Å². The Morgan fingerprint density at radius 1 is 0.794 bits per heavy atom. The Hall–Kier alpha value is -1.92. The highest BCUT2D eigenvalue weighted by Gasteiger charge is 2.29. The minimum Gasteiger partial charge on any atom is -0.478 e. The van der Waals surface area contributed by atoms with E-state index in [9.17, 15) is 19.8 Å². The number of carbonyl (C=O) groups is 2. The SMILES string of the molecule is CCCCC(CC)COC(C)c1ccc(C(=O)O)c(C(=O)O)c1C(C)OCC(CC)CCCC. The van der Waals surface area contributed by atoms with Crippen LogP contribution in [0.2, 0.25) is 0 Å². The van der Waals surface area contributed by atoms with E-state index < -0.39 is 18.0 Å². The molecular weight excluding hydrogens is 432 g/mol. The van der Waals surface area contributed by atoms with Gasteiger partial charge in [0.1, 0.15) is 0 Å². The largest absolute Gasteiger partial charge is 0.478 e. The third kappa shape index (κ3) is 9.03. The Morgan fingerprint density at radius 3 is 1.71 bits per heavy atom. The average Bonchev–Trinajstić information content (AvgIpc) is 2.82. The number of aromatic carboxylic acids is 2. The molecule has 6 nitrogen and oxygen atoms in total. The zero-order valence-electron chi connectivity index (χ0n) is 22.1. The molecule has 34 heavy (non-hydrogen) atoms. The molecular formula is C28H46O6. The van der Waals surface area contributed by atoms with Gasteiger partial charge in [0.25, 0.3) is 0 Å². The second-order valence-electron chi connectivity index (χ2n) is 9.39. The van der Waals surface area contributed by atoms with Gasteiger partial charge in [0.05, 0.1) is 36.5 Å². The van der Waals surface area contributed by atoms with Gasteiger partial charge in [0.2, 0.25) is 0 Å². The first kappa shape index (κ1) is 30.1. The molecule has 0 radical (unpaired) electrons. The molecule has 0 aliphatic heterocycles. The molecule has 0 spiro atoms. The van der Waals surface area contributed by atoms with Crippen molar-refractivity contribution in [3.8, 4) is 0 Å². The standard InChI is InChI=1S/C28H46O6/c1-7-11-13-21(9-3)17-33-19(5)23-15-16-24(27(29)30)26(28(31)32)25(23)20(6)34-18-22(10-4)14-12-8-2/h15-16,19-22H,7-14,17-18H2,1-6H3,(H,29,30)(H,31,32). The number of hydrogen-bond acceptors (Lipinski definition) is 4. The maximum absolute atomic E-state index is 12.2. The number of carboxylic acids is 2. The number of rotatable bonds is 18. The van der Waals surface area contributed by atoms with Crippen LogP contribution < -0.4 is 0 Å². The van der Waals surface area contributed by atoms with Crippen LogP contribution in [0, 0.1) is 11.8 Å². The highest BCUT2D eigenvalue weighted by atomic mass is 16.5. The van der Waals surface area contributed by atoms with Crippen LogP contribution >= 0.6 is 0 Å². The van der Waals surface area contributed by atoms with Crippen LogP contribution in [0.1, 0.15) is 137 Å². The fourth-order valence-electron chi connectivity index (χ4n) is 4.37. The van der Waals surface area contributed by atoms with E-state index in [1.54, 1.807) is 6.07 Å². The Labute approximate surface area is 206 Å². The summed E-state index contributed by atoms with van der Waals surface area (Å²) in [5, 5.41) is 19.6. The van der Waals surface area contributed by atoms with Crippen LogP contribution in [-0.2, 0) is 9.47 Å². The van der Waals surface area contributed by atoms with Crippen molar-refractivity contribution >= 4 is 11.9 Å². The van der Waals surface area contributed by atoms with Gasteiger partial charge < -0.3 is 19.7 Å². The van der Waals surface area contributed by atoms with E-state index in [0.29, 0.717) is 36.2 Å². The Bertz CT molecular complexity index is 760. The first-order valence-electron chi connectivity index (χ1n) is 13.1. The number of ether oxygens (including phenoxy) is 2. The molecule has 1 aromatic rings. The maximum atomic E-state index is 12.2. The highest BCUT2D eigenvalue weighted by molar-refractivity contribution is 6.03. The molecule has 0 aliphatic rings. The number of unbranched alkanes of at least 4 members (excludes halogenated alkanes) is 2. The van der Waals surface area contributed by atoms with Crippen molar-refractivity contribution in [3.05, 3.63) is 34.4 Å². The van der Waals surface area contributed by atoms with E-state index in [-0.39, 0.29) is 17.2 Å². The van der Waals surface area contributed by atoms with E-state index in [4.69, 9.17) is 9.47 Å². The van der Waals surface area contributed by atoms with Crippen LogP contribution in [0.15, 0.2) is 12.1 Å². The molecule has 0 heterocycles. The number of benzene rings is 1. The van der Waals surface area contributed by atoms with E-state index >= 15 is 0 Å². The van der Waals surface area contributed by atoms with Gasteiger partial charge in [-0.25, -0.2) is 9.59 Å². The Morgan fingerprint density at radius 2 is 1.29 bits per heavy atom. The molecule has 0 aliphatic carbocycles. The van der Waals surface area contributed by atoms with Crippen molar-refractivity contribution < 1.29 is 29.3 Å². The zero-order chi connectivity index (χ0) is 25.7. The molecule has 1 aromatic carbocycles. The first-order chi connectivity index (χ1) is 16.2. The number of hydrogen-bond donors (Lipinski definition) is 2. The molecule has 0 fully saturated rings. The summed E-state index contributed by atoms with van der Waals surface area (Å²) in [5.41, 5.74) is 0.669. The molecule has 4 unspecified atom stereocenters. The lowest BCUT2D eigenvalue weighted by molar-refractivity contribution is 0.0210. The average molecular weight is 479 g/mol. The van der Waals surface area contributed by atoms with Gasteiger partial charge in [0.15, 0.2) is 0 Å². The van der Waals surface area contributed by atoms with Crippen LogP contribution in [-0.4, -0.2) is 35.4 Å². The summed E-state index contributed by atoms with van der Waals surface area (Å²) in [6.45, 7) is 13.4. The second-order valence-corrected chi connectivity index (χ2v) is 9.39. The molecule has 6 heteroatoms. The molecule has 0 amide bonds. The minimum absolute atomic E-state index is 0.201. The van der Waals surface area contributed by atoms with Crippen LogP contribution in [0.25, 0.3) is 0 Å². The van der Waals surface area contributed by atoms with Gasteiger partial charge in [-0.3, -0.25) is 0 Å². The van der Waals surface area contributed by atoms with Crippen LogP contribution in [0.3, 0.4) is 0 Å². The van der Waals surface area contributed by atoms with E-state index in [1.165, 1.54) is 6.07 Å². The third-order valence-corrected chi connectivity index (χ3v) is 6.82. The summed E-state index contributed by atoms with van der Waals surface area (Å²) in [6.07, 6.45) is 7.75. The summed E-state index contributed by atoms with van der Waals surface area (Å²) in [6, 6.07) is 3.07. The fraction of sp³-hybridized carbons (Fsp3) is 0.714. The molecule has 4 atom stereocenters. The molecule has 2 N–H and O–H groups in total. The van der Waals surface area contributed by atoms with Gasteiger partial charge in [-0.2, -0.15) is 0 Å². The fourth-order valence-corrected chi connectivity index (χ4v) is 4.37. The molecule has 1 rings (SSSR count). The Kier molecular flexibility index (Phi) is 14.1. The summed E-state index contributed by atoms with van der Waals surface area (Å²) >= 11 is 0. The lowest BCUT2D eigenvalue weighted by Gasteiger charge is -2.26. The van der Waals surface area contributed by atoms with E-state index in [2.05, 4.69) is 27.7 Å². The van der Waals surface area contributed by atoms with Crippen molar-refractivity contribution in [2.75, 3.05) is 13.2 Å². The Balaban J connectivity index is 3.27. The van der Waals surface area contributed by atoms with Gasteiger partial charge >= 0.3 is 11.9 Å². The summed E-state index contributed by atoms with van der Waals surface area (Å²) in [7, 11) is 0. The minimum atomic E-state index is -1.26. The smallest absolute Gasteiger partial charge is 0.336 e. The summed E-state index contributed by atoms with van der Waals surface area (Å²) in [5.74, 6) is -1.68. The second kappa shape index (κ2) is 15.9. The lowest BCUT2D eigenvalue weighted by atomic mass is 9.90. The van der Waals surface area contributed by atoms with Crippen LogP contribution in [0.5, 0.6) is 0 Å². The van der Waals surface area contributed by atoms with Crippen LogP contribution in [0.4, 0.5) is 0 Å². The normalized spacial score (nSPS) is 15.0. The molecule has 0 aromatic heterocycles. The number of carboxylic acid groups (broad SMARTS) is 2. The van der Waals surface area contributed by atoms with E-state index in [0.717, 1.165) is 51.4 Å². The van der Waals surface area contributed by atoms with Gasteiger partial charge in [-0.15, -0.1) is 0 Å². The van der Waals surface area contributed by atoms with Crippen molar-refractivity contribution in [2.24, 2.45) is 11.8 Å². The summed E-state index contributed by atoms with van der Waals surface area (Å²) < 4.78 is 12.4. The monoisotopic (exact) mass is 478 g/mol. The highest BCUT2D eigenvalue weighted by Crippen LogP contribution is 2.34. The zero-order valence-corrected chi connectivity index (χ0v) is 22.1. The molecule has 194 valence electrons.